The highest BCUT2D eigenvalue weighted by atomic mass is 32.2. The third-order valence-corrected chi connectivity index (χ3v) is 6.66. The van der Waals surface area contributed by atoms with Crippen molar-refractivity contribution in [2.45, 2.75) is 61.6 Å². The molecule has 0 saturated carbocycles. The maximum atomic E-state index is 12.7. The fourth-order valence-corrected chi connectivity index (χ4v) is 5.63. The van der Waals surface area contributed by atoms with Crippen molar-refractivity contribution in [1.82, 2.24) is 5.06 Å². The van der Waals surface area contributed by atoms with Crippen molar-refractivity contribution in [3.05, 3.63) is 29.8 Å². The van der Waals surface area contributed by atoms with E-state index in [1.807, 2.05) is 24.3 Å². The molecule has 2 bridgehead atoms. The van der Waals surface area contributed by atoms with Crippen LogP contribution < -0.4 is 0 Å². The minimum Gasteiger partial charge on any atom is -0.295 e. The lowest BCUT2D eigenvalue weighted by atomic mass is 9.77. The Bertz CT molecular complexity index is 544. The smallest absolute Gasteiger partial charge is 0.0828 e. The van der Waals surface area contributed by atoms with E-state index in [4.69, 9.17) is 4.84 Å². The molecule has 3 nitrogen and oxygen atoms in total. The maximum absolute atomic E-state index is 12.7. The van der Waals surface area contributed by atoms with Crippen LogP contribution in [0.15, 0.2) is 29.2 Å². The van der Waals surface area contributed by atoms with E-state index in [2.05, 4.69) is 12.0 Å². The lowest BCUT2D eigenvalue weighted by Gasteiger charge is -2.45. The van der Waals surface area contributed by atoms with Crippen molar-refractivity contribution in [1.29, 1.82) is 0 Å². The second-order valence-corrected chi connectivity index (χ2v) is 8.02. The van der Waals surface area contributed by atoms with E-state index in [1.54, 1.807) is 0 Å². The Kier molecular flexibility index (Phi) is 3.02. The van der Waals surface area contributed by atoms with Crippen molar-refractivity contribution in [3.8, 4) is 0 Å². The van der Waals surface area contributed by atoms with E-state index in [9.17, 15) is 4.21 Å². The molecule has 3 heterocycles. The summed E-state index contributed by atoms with van der Waals surface area (Å²) in [6.45, 7) is 2.06. The summed E-state index contributed by atoms with van der Waals surface area (Å²) < 4.78 is 12.7. The Morgan fingerprint density at radius 1 is 1.40 bits per heavy atom. The quantitative estimate of drug-likeness (QED) is 0.857. The van der Waals surface area contributed by atoms with Crippen LogP contribution in [0.3, 0.4) is 0 Å². The van der Waals surface area contributed by atoms with Gasteiger partial charge in [-0.1, -0.05) is 17.7 Å². The average molecular weight is 291 g/mol. The SMILES string of the molecule is Cc1ccc([S@](=O)C[C@]23CCC[C@@H]4C[C@H](C2)ON43)cc1. The third-order valence-electron chi connectivity index (χ3n) is 5.07. The molecule has 0 aliphatic carbocycles. The van der Waals surface area contributed by atoms with E-state index in [0.29, 0.717) is 12.1 Å². The minimum atomic E-state index is -0.925. The van der Waals surface area contributed by atoms with Gasteiger partial charge >= 0.3 is 0 Å². The highest BCUT2D eigenvalue weighted by Gasteiger charge is 2.57. The lowest BCUT2D eigenvalue weighted by molar-refractivity contribution is -0.174. The Hall–Kier alpha value is -0.710. The highest BCUT2D eigenvalue weighted by molar-refractivity contribution is 7.85. The molecule has 0 unspecified atom stereocenters. The van der Waals surface area contributed by atoms with Crippen LogP contribution in [0.1, 0.15) is 37.7 Å². The molecule has 1 aromatic carbocycles. The normalized spacial score (nSPS) is 37.2. The number of hydroxylamine groups is 2. The number of benzene rings is 1. The van der Waals surface area contributed by atoms with Crippen LogP contribution in [0.5, 0.6) is 0 Å². The maximum Gasteiger partial charge on any atom is 0.0828 e. The van der Waals surface area contributed by atoms with Crippen LogP contribution in [-0.2, 0) is 15.6 Å². The summed E-state index contributed by atoms with van der Waals surface area (Å²) in [7, 11) is -0.925. The predicted molar refractivity (Wildman–Crippen MR) is 78.8 cm³/mol. The van der Waals surface area contributed by atoms with Crippen molar-refractivity contribution < 1.29 is 9.05 Å². The average Bonchev–Trinajstić information content (AvgIpc) is 2.97. The predicted octanol–water partition coefficient (Wildman–Crippen LogP) is 2.80. The van der Waals surface area contributed by atoms with Gasteiger partial charge in [0.25, 0.3) is 0 Å². The molecule has 0 N–H and O–H groups in total. The molecule has 4 rings (SSSR count). The number of piperidine rings is 2. The van der Waals surface area contributed by atoms with E-state index >= 15 is 0 Å². The molecule has 3 aliphatic rings. The summed E-state index contributed by atoms with van der Waals surface area (Å²) in [4.78, 5) is 6.95. The van der Waals surface area contributed by atoms with E-state index < -0.39 is 10.8 Å². The fourth-order valence-electron chi connectivity index (χ4n) is 4.15. The fraction of sp³-hybridized carbons (Fsp3) is 0.625. The standard InChI is InChI=1S/C16H21NO2S/c1-12-4-6-15(7-5-12)20(18)11-16-8-2-3-13-9-14(10-16)19-17(13)16/h4-7,13-14H,2-3,8-11H2,1H3/t13-,14-,16+,20-/m1/s1. The number of rotatable bonds is 3. The summed E-state index contributed by atoms with van der Waals surface area (Å²) in [5, 5.41) is 2.23. The minimum absolute atomic E-state index is 0.0432. The molecular formula is C16H21NO2S. The van der Waals surface area contributed by atoms with Crippen LogP contribution in [0, 0.1) is 6.92 Å². The summed E-state index contributed by atoms with van der Waals surface area (Å²) in [6.07, 6.45) is 6.27. The van der Waals surface area contributed by atoms with E-state index in [0.717, 1.165) is 23.5 Å². The van der Waals surface area contributed by atoms with Crippen LogP contribution in [0.25, 0.3) is 0 Å². The molecule has 20 heavy (non-hydrogen) atoms. The monoisotopic (exact) mass is 291 g/mol. The Labute approximate surface area is 122 Å². The molecule has 4 atom stereocenters. The second-order valence-electron chi connectivity index (χ2n) is 6.57. The number of hydrogen-bond acceptors (Lipinski definition) is 3. The van der Waals surface area contributed by atoms with Gasteiger partial charge in [0.1, 0.15) is 0 Å². The van der Waals surface area contributed by atoms with Crippen LogP contribution in [-0.4, -0.2) is 32.7 Å². The summed E-state index contributed by atoms with van der Waals surface area (Å²) in [5.41, 5.74) is 1.26. The first-order valence-electron chi connectivity index (χ1n) is 7.57. The van der Waals surface area contributed by atoms with Gasteiger partial charge in [-0.3, -0.25) is 9.05 Å². The molecule has 108 valence electrons. The van der Waals surface area contributed by atoms with E-state index in [1.165, 1.54) is 24.8 Å². The van der Waals surface area contributed by atoms with Crippen molar-refractivity contribution in [3.63, 3.8) is 0 Å². The van der Waals surface area contributed by atoms with Gasteiger partial charge < -0.3 is 0 Å². The van der Waals surface area contributed by atoms with Gasteiger partial charge in [-0.2, -0.15) is 5.06 Å². The molecule has 0 amide bonds. The second kappa shape index (κ2) is 4.65. The highest BCUT2D eigenvalue weighted by Crippen LogP contribution is 2.50. The number of nitrogens with zero attached hydrogens (tertiary/aromatic N) is 1. The molecule has 3 aliphatic heterocycles. The van der Waals surface area contributed by atoms with Gasteiger partial charge in [0.15, 0.2) is 0 Å². The van der Waals surface area contributed by atoms with Crippen LogP contribution in [0.4, 0.5) is 0 Å². The Morgan fingerprint density at radius 3 is 2.95 bits per heavy atom. The zero-order valence-corrected chi connectivity index (χ0v) is 12.7. The van der Waals surface area contributed by atoms with Crippen molar-refractivity contribution in [2.24, 2.45) is 0 Å². The molecule has 1 aromatic rings. The van der Waals surface area contributed by atoms with Crippen molar-refractivity contribution in [2.75, 3.05) is 5.75 Å². The first-order valence-corrected chi connectivity index (χ1v) is 8.89. The van der Waals surface area contributed by atoms with Crippen molar-refractivity contribution >= 4 is 10.8 Å². The molecular weight excluding hydrogens is 270 g/mol. The summed E-state index contributed by atoms with van der Waals surface area (Å²) in [6, 6.07) is 8.69. The molecule has 4 heteroatoms. The molecule has 0 aromatic heterocycles. The lowest BCUT2D eigenvalue weighted by Crippen LogP contribution is -2.55. The summed E-state index contributed by atoms with van der Waals surface area (Å²) in [5.74, 6) is 0.725. The van der Waals surface area contributed by atoms with Crippen LogP contribution in [0.2, 0.25) is 0 Å². The van der Waals surface area contributed by atoms with Gasteiger partial charge in [0.2, 0.25) is 0 Å². The topological polar surface area (TPSA) is 29.5 Å². The van der Waals surface area contributed by atoms with Gasteiger partial charge in [0.05, 0.1) is 22.4 Å². The van der Waals surface area contributed by atoms with Crippen LogP contribution >= 0.6 is 0 Å². The Morgan fingerprint density at radius 2 is 2.20 bits per heavy atom. The number of aryl methyl sites for hydroxylation is 1. The largest absolute Gasteiger partial charge is 0.295 e. The zero-order chi connectivity index (χ0) is 13.7. The summed E-state index contributed by atoms with van der Waals surface area (Å²) >= 11 is 0. The van der Waals surface area contributed by atoms with Gasteiger partial charge in [-0.15, -0.1) is 0 Å². The number of fused-ring (bicyclic) bond motifs is 1. The van der Waals surface area contributed by atoms with Gasteiger partial charge in [-0.05, 0) is 51.2 Å². The molecule has 0 spiro atoms. The first-order chi connectivity index (χ1) is 9.66. The zero-order valence-electron chi connectivity index (χ0n) is 11.9. The van der Waals surface area contributed by atoms with Gasteiger partial charge in [0, 0.05) is 16.7 Å². The van der Waals surface area contributed by atoms with E-state index in [-0.39, 0.29) is 5.54 Å². The molecule has 3 fully saturated rings. The van der Waals surface area contributed by atoms with Gasteiger partial charge in [-0.25, -0.2) is 0 Å². The third kappa shape index (κ3) is 1.97. The number of hydrogen-bond donors (Lipinski definition) is 0. The Balaban J connectivity index is 1.56. The first kappa shape index (κ1) is 13.0. The molecule has 0 radical (unpaired) electrons. The molecule has 3 saturated heterocycles.